The summed E-state index contributed by atoms with van der Waals surface area (Å²) in [5.41, 5.74) is 1.59. The van der Waals surface area contributed by atoms with Crippen molar-refractivity contribution < 1.29 is 14.6 Å². The summed E-state index contributed by atoms with van der Waals surface area (Å²) in [7, 11) is 1.54. The van der Waals surface area contributed by atoms with Gasteiger partial charge in [-0.15, -0.1) is 0 Å². The lowest BCUT2D eigenvalue weighted by atomic mass is 9.75. The van der Waals surface area contributed by atoms with Crippen LogP contribution in [0.1, 0.15) is 47.4 Å². The first-order valence-electron chi connectivity index (χ1n) is 8.72. The topological polar surface area (TPSA) is 104 Å². The molecule has 26 heavy (non-hydrogen) atoms. The van der Waals surface area contributed by atoms with E-state index in [0.717, 1.165) is 5.56 Å². The van der Waals surface area contributed by atoms with Crippen LogP contribution in [0.25, 0.3) is 0 Å². The quantitative estimate of drug-likeness (QED) is 0.728. The molecule has 0 aromatic carbocycles. The molecular weight excluding hydrogens is 334 g/mol. The average Bonchev–Trinajstić information content (AvgIpc) is 2.63. The van der Waals surface area contributed by atoms with Crippen LogP contribution in [0, 0.1) is 5.92 Å². The largest absolute Gasteiger partial charge is 0.481 e. The second-order valence-corrected chi connectivity index (χ2v) is 6.58. The van der Waals surface area contributed by atoms with E-state index in [0.29, 0.717) is 36.4 Å². The first-order valence-corrected chi connectivity index (χ1v) is 8.72. The van der Waals surface area contributed by atoms with E-state index >= 15 is 0 Å². The van der Waals surface area contributed by atoms with Crippen LogP contribution < -0.4 is 15.6 Å². The summed E-state index contributed by atoms with van der Waals surface area (Å²) in [5.74, 6) is 0.305. The Hall–Kier alpha value is -2.67. The molecular formula is C19H23N3O4. The molecule has 0 saturated heterocycles. The van der Waals surface area contributed by atoms with Crippen LogP contribution in [0.4, 0.5) is 0 Å². The third-order valence-electron chi connectivity index (χ3n) is 4.78. The van der Waals surface area contributed by atoms with Gasteiger partial charge in [0.15, 0.2) is 0 Å². The summed E-state index contributed by atoms with van der Waals surface area (Å²) in [6.45, 7) is 1.91. The Kier molecular flexibility index (Phi) is 5.37. The molecule has 0 aliphatic heterocycles. The zero-order chi connectivity index (χ0) is 18.7. The molecule has 1 atom stereocenters. The highest BCUT2D eigenvalue weighted by Gasteiger charge is 2.36. The molecule has 2 aromatic rings. The number of aliphatic hydroxyl groups is 1. The maximum atomic E-state index is 12.7. The van der Waals surface area contributed by atoms with Gasteiger partial charge < -0.3 is 20.1 Å². The van der Waals surface area contributed by atoms with Gasteiger partial charge in [0.2, 0.25) is 11.4 Å². The summed E-state index contributed by atoms with van der Waals surface area (Å²) >= 11 is 0. The fourth-order valence-electron chi connectivity index (χ4n) is 3.22. The van der Waals surface area contributed by atoms with Crippen LogP contribution in [0.3, 0.4) is 0 Å². The molecule has 0 bridgehead atoms. The maximum absolute atomic E-state index is 12.7. The molecule has 7 heteroatoms. The number of hydrogen-bond donors (Lipinski definition) is 3. The van der Waals surface area contributed by atoms with Crippen LogP contribution in [0.15, 0.2) is 35.3 Å². The third-order valence-corrected chi connectivity index (χ3v) is 4.78. The van der Waals surface area contributed by atoms with E-state index in [-0.39, 0.29) is 29.5 Å². The number of methoxy groups -OCH3 is 1. The fraction of sp³-hybridized carbons (Fsp3) is 0.421. The number of aliphatic hydroxyl groups excluding tert-OH is 1. The number of nitrogens with zero attached hydrogens (tertiary/aromatic N) is 1. The minimum absolute atomic E-state index is 0.122. The van der Waals surface area contributed by atoms with Crippen LogP contribution in [0.5, 0.6) is 5.88 Å². The number of carbonyl (C=O) groups is 1. The van der Waals surface area contributed by atoms with E-state index in [9.17, 15) is 14.7 Å². The Balaban J connectivity index is 1.84. The summed E-state index contributed by atoms with van der Waals surface area (Å²) in [5, 5.41) is 12.7. The van der Waals surface area contributed by atoms with Crippen molar-refractivity contribution in [2.75, 3.05) is 7.11 Å². The smallest absolute Gasteiger partial charge is 0.252 e. The Labute approximate surface area is 151 Å². The van der Waals surface area contributed by atoms with Gasteiger partial charge in [0.05, 0.1) is 19.3 Å². The average molecular weight is 357 g/mol. The molecule has 3 rings (SSSR count). The molecule has 2 heterocycles. The van der Waals surface area contributed by atoms with E-state index in [4.69, 9.17) is 4.74 Å². The molecule has 7 nitrogen and oxygen atoms in total. The van der Waals surface area contributed by atoms with Gasteiger partial charge in [-0.3, -0.25) is 9.59 Å². The Bertz CT molecular complexity index is 825. The van der Waals surface area contributed by atoms with Gasteiger partial charge in [-0.2, -0.15) is 0 Å². The molecule has 2 aromatic heterocycles. The van der Waals surface area contributed by atoms with Crippen molar-refractivity contribution in [2.45, 2.75) is 38.3 Å². The predicted molar refractivity (Wildman–Crippen MR) is 96.2 cm³/mol. The van der Waals surface area contributed by atoms with Crippen molar-refractivity contribution in [3.8, 4) is 5.88 Å². The first kappa shape index (κ1) is 18.1. The number of aromatic nitrogens is 2. The molecule has 1 aliphatic rings. The number of H-pyrrole nitrogens is 1. The second kappa shape index (κ2) is 7.70. The van der Waals surface area contributed by atoms with Crippen LogP contribution >= 0.6 is 0 Å². The summed E-state index contributed by atoms with van der Waals surface area (Å²) in [6.07, 6.45) is 3.21. The molecule has 1 saturated carbocycles. The van der Waals surface area contributed by atoms with Gasteiger partial charge >= 0.3 is 0 Å². The fourth-order valence-corrected chi connectivity index (χ4v) is 3.22. The highest BCUT2D eigenvalue weighted by Crippen LogP contribution is 2.38. The number of aryl methyl sites for hydroxylation is 1. The van der Waals surface area contributed by atoms with Crippen molar-refractivity contribution in [3.05, 3.63) is 57.6 Å². The van der Waals surface area contributed by atoms with Crippen LogP contribution in [-0.2, 0) is 6.42 Å². The summed E-state index contributed by atoms with van der Waals surface area (Å²) in [6, 6.07) is 6.31. The summed E-state index contributed by atoms with van der Waals surface area (Å²) < 4.78 is 5.08. The highest BCUT2D eigenvalue weighted by atomic mass is 16.5. The molecule has 0 spiro atoms. The zero-order valence-electron chi connectivity index (χ0n) is 14.9. The Morgan fingerprint density at radius 3 is 2.77 bits per heavy atom. The van der Waals surface area contributed by atoms with Crippen molar-refractivity contribution in [3.63, 3.8) is 0 Å². The van der Waals surface area contributed by atoms with E-state index < -0.39 is 0 Å². The van der Waals surface area contributed by atoms with Gasteiger partial charge in [-0.25, -0.2) is 4.98 Å². The van der Waals surface area contributed by atoms with E-state index in [1.54, 1.807) is 25.4 Å². The molecule has 1 aliphatic carbocycles. The van der Waals surface area contributed by atoms with E-state index in [1.807, 2.05) is 13.0 Å². The standard InChI is InChI=1S/C19H23N3O4/c1-3-14-6-13(9-16(24)21-14)19(25)22-18(12-7-15(23)8-12)11-4-5-17(26-2)20-10-11/h4-6,9-10,12,15,18,23H,3,7-8H2,1-2H3,(H,21,24)(H,22,25)/t12?,15?,18-/m0/s1. The van der Waals surface area contributed by atoms with Crippen LogP contribution in [-0.4, -0.2) is 34.2 Å². The van der Waals surface area contributed by atoms with Crippen LogP contribution in [0.2, 0.25) is 0 Å². The van der Waals surface area contributed by atoms with E-state index in [1.165, 1.54) is 6.07 Å². The highest BCUT2D eigenvalue weighted by molar-refractivity contribution is 5.94. The monoisotopic (exact) mass is 357 g/mol. The van der Waals surface area contributed by atoms with Gasteiger partial charge in [-0.05, 0) is 36.8 Å². The van der Waals surface area contributed by atoms with Gasteiger partial charge in [-0.1, -0.05) is 13.0 Å². The number of amides is 1. The van der Waals surface area contributed by atoms with Gasteiger partial charge in [0.25, 0.3) is 5.91 Å². The number of aromatic amines is 1. The second-order valence-electron chi connectivity index (χ2n) is 6.58. The summed E-state index contributed by atoms with van der Waals surface area (Å²) in [4.78, 5) is 31.4. The molecule has 3 N–H and O–H groups in total. The molecule has 0 unspecified atom stereocenters. The van der Waals surface area contributed by atoms with Gasteiger partial charge in [0, 0.05) is 29.6 Å². The minimum atomic E-state index is -0.336. The zero-order valence-corrected chi connectivity index (χ0v) is 14.9. The predicted octanol–water partition coefficient (Wildman–Crippen LogP) is 1.58. The number of pyridine rings is 2. The Morgan fingerprint density at radius 2 is 2.19 bits per heavy atom. The van der Waals surface area contributed by atoms with E-state index in [2.05, 4.69) is 15.3 Å². The lowest BCUT2D eigenvalue weighted by Gasteiger charge is -2.38. The minimum Gasteiger partial charge on any atom is -0.481 e. The van der Waals surface area contributed by atoms with Crippen molar-refractivity contribution in [1.29, 1.82) is 0 Å². The number of carbonyl (C=O) groups excluding carboxylic acids is 1. The van der Waals surface area contributed by atoms with Crippen molar-refractivity contribution in [1.82, 2.24) is 15.3 Å². The normalized spacial score (nSPS) is 20.1. The lowest BCUT2D eigenvalue weighted by Crippen LogP contribution is -2.41. The molecule has 138 valence electrons. The maximum Gasteiger partial charge on any atom is 0.252 e. The number of rotatable bonds is 6. The number of ether oxygens (including phenoxy) is 1. The van der Waals surface area contributed by atoms with Crippen molar-refractivity contribution >= 4 is 5.91 Å². The SMILES string of the molecule is CCc1cc(C(=O)N[C@@H](c2ccc(OC)nc2)C2CC(O)C2)cc(=O)[nH]1. The number of hydrogen-bond acceptors (Lipinski definition) is 5. The number of nitrogens with one attached hydrogen (secondary N) is 2. The third kappa shape index (κ3) is 3.94. The molecule has 0 radical (unpaired) electrons. The molecule has 1 amide bonds. The molecule has 1 fully saturated rings. The first-order chi connectivity index (χ1) is 12.5. The van der Waals surface area contributed by atoms with Gasteiger partial charge in [0.1, 0.15) is 0 Å². The van der Waals surface area contributed by atoms with Crippen molar-refractivity contribution in [2.24, 2.45) is 5.92 Å². The Morgan fingerprint density at radius 1 is 1.42 bits per heavy atom. The lowest BCUT2D eigenvalue weighted by molar-refractivity contribution is 0.0234.